The number of ether oxygens (including phenoxy) is 7. The molecule has 4 heterocycles. The molecule has 3 N–H and O–H groups in total. The van der Waals surface area contributed by atoms with Crippen LogP contribution in [0, 0.1) is 10.8 Å². The molecule has 0 unspecified atom stereocenters. The van der Waals surface area contributed by atoms with Crippen LogP contribution in [0.2, 0.25) is 0 Å². The summed E-state index contributed by atoms with van der Waals surface area (Å²) in [4.78, 5) is 159. The third kappa shape index (κ3) is 25.3. The molecule has 94 heavy (non-hydrogen) atoms. The number of aliphatic carboxylic acids is 1. The Kier molecular flexibility index (Phi) is 30.1. The highest BCUT2D eigenvalue weighted by atomic mass is 16.6. The summed E-state index contributed by atoms with van der Waals surface area (Å²) in [5, 5.41) is 14.4. The van der Waals surface area contributed by atoms with Gasteiger partial charge in [0.15, 0.2) is 0 Å². The Morgan fingerprint density at radius 1 is 0.564 bits per heavy atom. The predicted octanol–water partition coefficient (Wildman–Crippen LogP) is 6.26. The Morgan fingerprint density at radius 2 is 0.957 bits per heavy atom. The Balaban J connectivity index is 0.000000342. The number of hydrogen-bond donors (Lipinski definition) is 3. The number of anilines is 2. The standard InChI is InChI=1S/C36H51N3O10.C32H43N3O10/c1-7-30(41)47-24-36(5,6)32(43)33(44)39-17-9-8-13-27(39)34(45)48-28(16-18-38-19-21-46-22-20-38)25-11-10-12-26(23-25)37-29(40)14-15-31(42)49-35(2,3)4;1-4-28(39)44-21-32(2,3)29(40)30(41)35-14-6-5-10-24(35)31(42)45-25(13-15-34-16-18-43-19-17-34)22-8-7-9-23(20-22)33-26(36)11-12-27(37)38/h7,10-12,23,27-28H,1,8-9,13-22,24H2,2-6H3,(H,37,40);4,7-9,20,24-25H,1,5-6,10-19,21H2,2-3H3,(H,33,36)(H,37,38)/t27-,28+;24-,25+/m00/s1. The molecule has 0 bridgehead atoms. The summed E-state index contributed by atoms with van der Waals surface area (Å²) in [7, 11) is 0. The second-order valence-electron chi connectivity index (χ2n) is 25.7. The molecule has 0 saturated carbocycles. The average molecular weight is 1320 g/mol. The van der Waals surface area contributed by atoms with Gasteiger partial charge in [0, 0.05) is 102 Å². The van der Waals surface area contributed by atoms with Gasteiger partial charge in [0.25, 0.3) is 11.8 Å². The third-order valence-electron chi connectivity index (χ3n) is 15.9. The normalized spacial score (nSPS) is 17.8. The van der Waals surface area contributed by atoms with Crippen molar-refractivity contribution < 1.29 is 95.8 Å². The van der Waals surface area contributed by atoms with Crippen molar-refractivity contribution in [1.29, 1.82) is 0 Å². The minimum absolute atomic E-state index is 0.0632. The van der Waals surface area contributed by atoms with Crippen molar-refractivity contribution in [3.63, 3.8) is 0 Å². The average Bonchev–Trinajstić information content (AvgIpc) is 0.821. The molecular formula is C68H94N6O20. The summed E-state index contributed by atoms with van der Waals surface area (Å²) in [5.41, 5.74) is -1.14. The monoisotopic (exact) mass is 1310 g/mol. The lowest BCUT2D eigenvalue weighted by atomic mass is 9.87. The second kappa shape index (κ2) is 37.0. The summed E-state index contributed by atoms with van der Waals surface area (Å²) in [6.07, 6.45) is 3.92. The first-order valence-electron chi connectivity index (χ1n) is 32.0. The van der Waals surface area contributed by atoms with Gasteiger partial charge in [0.2, 0.25) is 23.4 Å². The van der Waals surface area contributed by atoms with Crippen LogP contribution >= 0.6 is 0 Å². The first kappa shape index (κ1) is 76.5. The minimum atomic E-state index is -1.32. The Hall–Kier alpha value is -8.20. The van der Waals surface area contributed by atoms with Crippen LogP contribution < -0.4 is 10.6 Å². The van der Waals surface area contributed by atoms with Crippen molar-refractivity contribution in [3.8, 4) is 0 Å². The van der Waals surface area contributed by atoms with Gasteiger partial charge in [0.1, 0.15) is 43.1 Å². The molecule has 0 aromatic heterocycles. The fourth-order valence-corrected chi connectivity index (χ4v) is 10.6. The third-order valence-corrected chi connectivity index (χ3v) is 15.9. The van der Waals surface area contributed by atoms with Gasteiger partial charge in [-0.05, 0) is 122 Å². The van der Waals surface area contributed by atoms with Gasteiger partial charge < -0.3 is 58.7 Å². The Morgan fingerprint density at radius 3 is 1.33 bits per heavy atom. The molecule has 4 amide bonds. The number of nitrogens with one attached hydrogen (secondary N) is 2. The van der Waals surface area contributed by atoms with E-state index < -0.39 is 106 Å². The van der Waals surface area contributed by atoms with Crippen LogP contribution in [0.25, 0.3) is 0 Å². The van der Waals surface area contributed by atoms with E-state index in [0.29, 0.717) is 113 Å². The van der Waals surface area contributed by atoms with Crippen molar-refractivity contribution in [2.24, 2.45) is 10.8 Å². The minimum Gasteiger partial charge on any atom is -0.481 e. The molecule has 6 rings (SSSR count). The van der Waals surface area contributed by atoms with E-state index in [-0.39, 0.29) is 57.9 Å². The molecule has 26 heteroatoms. The zero-order valence-corrected chi connectivity index (χ0v) is 55.4. The zero-order chi connectivity index (χ0) is 69.2. The molecule has 4 aliphatic rings. The molecule has 0 spiro atoms. The van der Waals surface area contributed by atoms with Crippen molar-refractivity contribution >= 4 is 82.4 Å². The molecule has 4 fully saturated rings. The summed E-state index contributed by atoms with van der Waals surface area (Å²) in [6.45, 7) is 24.2. The van der Waals surface area contributed by atoms with Gasteiger partial charge in [-0.15, -0.1) is 0 Å². The molecular weight excluding hydrogens is 1220 g/mol. The van der Waals surface area contributed by atoms with E-state index in [1.807, 2.05) is 0 Å². The smallest absolute Gasteiger partial charge is 0.330 e. The first-order valence-corrected chi connectivity index (χ1v) is 32.0. The molecule has 4 aliphatic heterocycles. The van der Waals surface area contributed by atoms with Crippen molar-refractivity contribution in [2.45, 2.75) is 155 Å². The molecule has 26 nitrogen and oxygen atoms in total. The van der Waals surface area contributed by atoms with Crippen LogP contribution in [0.15, 0.2) is 73.8 Å². The fourth-order valence-electron chi connectivity index (χ4n) is 10.6. The second-order valence-corrected chi connectivity index (χ2v) is 25.7. The maximum absolute atomic E-state index is 13.8. The molecule has 4 atom stereocenters. The van der Waals surface area contributed by atoms with Gasteiger partial charge >= 0.3 is 35.8 Å². The SMILES string of the molecule is C=CC(=O)OCC(C)(C)C(=O)C(=O)N1CCCC[C@H]1C(=O)O[C@H](CCN1CCOCC1)c1cccc(NC(=O)CCC(=O)O)c1.C=CC(=O)OCC(C)(C)C(=O)C(=O)N1CCCC[C@H]1C(=O)O[C@H](CCN1CCOCC1)c1cccc(NC(=O)CCC(=O)OC(C)(C)C)c1. The Labute approximate surface area is 549 Å². The predicted molar refractivity (Wildman–Crippen MR) is 342 cm³/mol. The van der Waals surface area contributed by atoms with Gasteiger partial charge in [-0.25, -0.2) is 19.2 Å². The summed E-state index contributed by atoms with van der Waals surface area (Å²) < 4.78 is 38.5. The number of carboxylic acids is 1. The van der Waals surface area contributed by atoms with E-state index in [1.54, 1.807) is 69.3 Å². The topological polar surface area (TPSA) is 327 Å². The van der Waals surface area contributed by atoms with Crippen LogP contribution in [0.1, 0.15) is 149 Å². The molecule has 2 aromatic carbocycles. The van der Waals surface area contributed by atoms with Crippen molar-refractivity contribution in [3.05, 3.63) is 85.0 Å². The maximum Gasteiger partial charge on any atom is 0.330 e. The number of amides is 4. The number of carboxylic acid groups (broad SMARTS) is 1. The highest BCUT2D eigenvalue weighted by molar-refractivity contribution is 6.39. The fraction of sp³-hybridized carbons (Fsp3) is 0.588. The number of piperidine rings is 2. The summed E-state index contributed by atoms with van der Waals surface area (Å²) in [6, 6.07) is 11.8. The van der Waals surface area contributed by atoms with Gasteiger partial charge in [-0.3, -0.25) is 48.2 Å². The highest BCUT2D eigenvalue weighted by Crippen LogP contribution is 2.32. The lowest BCUT2D eigenvalue weighted by molar-refractivity contribution is -0.166. The number of morpholine rings is 2. The van der Waals surface area contributed by atoms with E-state index in [4.69, 9.17) is 38.3 Å². The van der Waals surface area contributed by atoms with Crippen molar-refractivity contribution in [2.75, 3.05) is 103 Å². The van der Waals surface area contributed by atoms with E-state index in [9.17, 15) is 57.5 Å². The molecule has 0 radical (unpaired) electrons. The summed E-state index contributed by atoms with van der Waals surface area (Å²) in [5.74, 6) is -8.30. The number of likely N-dealkylation sites (tertiary alicyclic amines) is 2. The van der Waals surface area contributed by atoms with E-state index >= 15 is 0 Å². The number of esters is 5. The van der Waals surface area contributed by atoms with Crippen LogP contribution in [-0.4, -0.2) is 205 Å². The zero-order valence-electron chi connectivity index (χ0n) is 55.4. The number of nitrogens with zero attached hydrogens (tertiary/aromatic N) is 4. The van der Waals surface area contributed by atoms with Crippen LogP contribution in [0.3, 0.4) is 0 Å². The number of Topliss-reactive ketones (excluding diaryl/α,β-unsaturated/α-hetero) is 2. The number of carbonyl (C=O) groups excluding carboxylic acids is 11. The first-order chi connectivity index (χ1) is 44.5. The lowest BCUT2D eigenvalue weighted by Gasteiger charge is -2.36. The lowest BCUT2D eigenvalue weighted by Crippen LogP contribution is -2.53. The molecule has 2 aromatic rings. The molecule has 516 valence electrons. The van der Waals surface area contributed by atoms with E-state index in [2.05, 4.69) is 33.6 Å². The number of hydrogen-bond acceptors (Lipinski definition) is 21. The largest absolute Gasteiger partial charge is 0.481 e. The quantitative estimate of drug-likeness (QED) is 0.0336. The number of benzene rings is 2. The number of rotatable bonds is 30. The van der Waals surface area contributed by atoms with Gasteiger partial charge in [-0.1, -0.05) is 37.4 Å². The molecule has 0 aliphatic carbocycles. The van der Waals surface area contributed by atoms with Gasteiger partial charge in [0.05, 0.1) is 50.1 Å². The van der Waals surface area contributed by atoms with Gasteiger partial charge in [-0.2, -0.15) is 0 Å². The highest BCUT2D eigenvalue weighted by Gasteiger charge is 2.44. The summed E-state index contributed by atoms with van der Waals surface area (Å²) >= 11 is 0. The van der Waals surface area contributed by atoms with Crippen LogP contribution in [-0.2, 0) is 90.7 Å². The molecule has 4 saturated heterocycles. The maximum atomic E-state index is 13.8. The number of carbonyl (C=O) groups is 12. The number of ketones is 2. The van der Waals surface area contributed by atoms with Crippen LogP contribution in [0.4, 0.5) is 11.4 Å². The van der Waals surface area contributed by atoms with E-state index in [1.165, 1.54) is 37.5 Å². The van der Waals surface area contributed by atoms with Crippen molar-refractivity contribution in [1.82, 2.24) is 19.6 Å². The van der Waals surface area contributed by atoms with Crippen LogP contribution in [0.5, 0.6) is 0 Å². The Bertz CT molecular complexity index is 3020. The van der Waals surface area contributed by atoms with E-state index in [0.717, 1.165) is 38.3 Å².